The molecule has 31 heavy (non-hydrogen) atoms. The summed E-state index contributed by atoms with van der Waals surface area (Å²) in [5.74, 6) is -0.628. The molecule has 1 aromatic rings. The number of piperazine rings is 1. The third-order valence-corrected chi connectivity index (χ3v) is 7.33. The van der Waals surface area contributed by atoms with Gasteiger partial charge in [-0.3, -0.25) is 4.79 Å². The highest BCUT2D eigenvalue weighted by atomic mass is 35.5. The number of hydrogen-bond acceptors (Lipinski definition) is 4. The van der Waals surface area contributed by atoms with E-state index in [-0.39, 0.29) is 22.4 Å². The van der Waals surface area contributed by atoms with Gasteiger partial charge in [0.15, 0.2) is 0 Å². The quantitative estimate of drug-likeness (QED) is 0.720. The van der Waals surface area contributed by atoms with Crippen molar-refractivity contribution in [3.05, 3.63) is 29.0 Å². The maximum absolute atomic E-state index is 13.3. The molecule has 170 valence electrons. The van der Waals surface area contributed by atoms with Gasteiger partial charge < -0.3 is 25.1 Å². The molecular formula is C22H30ClFN4O3. The van der Waals surface area contributed by atoms with Gasteiger partial charge in [0, 0.05) is 31.9 Å². The molecule has 1 spiro atoms. The second-order valence-corrected chi connectivity index (χ2v) is 9.44. The van der Waals surface area contributed by atoms with Gasteiger partial charge in [-0.1, -0.05) is 11.6 Å². The summed E-state index contributed by atoms with van der Waals surface area (Å²) in [5.41, 5.74) is 0.591. The maximum Gasteiger partial charge on any atom is 0.322 e. The molecule has 2 N–H and O–H groups in total. The van der Waals surface area contributed by atoms with E-state index < -0.39 is 17.9 Å². The van der Waals surface area contributed by atoms with Crippen molar-refractivity contribution in [2.75, 3.05) is 44.6 Å². The molecule has 2 aliphatic heterocycles. The Balaban J connectivity index is 1.23. The van der Waals surface area contributed by atoms with Crippen molar-refractivity contribution in [3.8, 4) is 0 Å². The number of urea groups is 1. The molecule has 0 bridgehead atoms. The molecule has 0 aromatic heterocycles. The normalized spacial score (nSPS) is 25.7. The lowest BCUT2D eigenvalue weighted by Gasteiger charge is -2.40. The number of likely N-dealkylation sites (tertiary alicyclic amines) is 1. The third kappa shape index (κ3) is 4.81. The summed E-state index contributed by atoms with van der Waals surface area (Å²) in [6.45, 7) is 5.88. The van der Waals surface area contributed by atoms with Gasteiger partial charge in [0.05, 0.1) is 11.1 Å². The molecule has 2 heterocycles. The highest BCUT2D eigenvalue weighted by molar-refractivity contribution is 6.31. The van der Waals surface area contributed by atoms with Crippen LogP contribution in [-0.2, 0) is 4.79 Å². The largest absolute Gasteiger partial charge is 0.391 e. The van der Waals surface area contributed by atoms with Crippen molar-refractivity contribution < 1.29 is 19.1 Å². The fraction of sp³-hybridized carbons (Fsp3) is 0.636. The van der Waals surface area contributed by atoms with Crippen LogP contribution < -0.4 is 5.32 Å². The van der Waals surface area contributed by atoms with Gasteiger partial charge in [-0.25, -0.2) is 9.18 Å². The van der Waals surface area contributed by atoms with Crippen LogP contribution in [0, 0.1) is 11.2 Å². The third-order valence-electron chi connectivity index (χ3n) is 7.04. The van der Waals surface area contributed by atoms with E-state index in [1.807, 2.05) is 4.90 Å². The van der Waals surface area contributed by atoms with E-state index in [1.165, 1.54) is 23.1 Å². The number of piperidine rings is 1. The van der Waals surface area contributed by atoms with Crippen LogP contribution in [-0.4, -0.2) is 83.2 Å². The van der Waals surface area contributed by atoms with Crippen molar-refractivity contribution in [3.63, 3.8) is 0 Å². The van der Waals surface area contributed by atoms with Crippen molar-refractivity contribution >= 4 is 29.2 Å². The van der Waals surface area contributed by atoms with Crippen LogP contribution in [0.25, 0.3) is 0 Å². The first-order chi connectivity index (χ1) is 14.8. The summed E-state index contributed by atoms with van der Waals surface area (Å²) in [4.78, 5) is 31.0. The molecule has 9 heteroatoms. The van der Waals surface area contributed by atoms with Crippen LogP contribution in [0.15, 0.2) is 18.2 Å². The number of rotatable bonds is 5. The summed E-state index contributed by atoms with van der Waals surface area (Å²) in [6.07, 6.45) is 4.00. The Morgan fingerprint density at radius 1 is 1.26 bits per heavy atom. The van der Waals surface area contributed by atoms with Gasteiger partial charge in [-0.05, 0) is 69.3 Å². The summed E-state index contributed by atoms with van der Waals surface area (Å²) < 4.78 is 13.3. The Hall–Kier alpha value is -1.90. The van der Waals surface area contributed by atoms with Crippen LogP contribution in [0.2, 0.25) is 5.02 Å². The lowest BCUT2D eigenvalue weighted by molar-refractivity contribution is -0.139. The van der Waals surface area contributed by atoms with E-state index in [0.717, 1.165) is 45.3 Å². The minimum absolute atomic E-state index is 0.0692. The smallest absolute Gasteiger partial charge is 0.322 e. The van der Waals surface area contributed by atoms with E-state index in [0.29, 0.717) is 25.3 Å². The summed E-state index contributed by atoms with van der Waals surface area (Å²) in [6, 6.07) is 3.00. The van der Waals surface area contributed by atoms with E-state index in [1.54, 1.807) is 6.92 Å². The highest BCUT2D eigenvalue weighted by Gasteiger charge is 2.51. The standard InChI is InChI=1S/C22H30ClFN4O3/c1-15-20(30)27(9-2-8-26-10-7-22(5-6-22)19(29)14-26)11-12-28(15)21(31)25-16-3-4-18(24)17(23)13-16/h3-4,13,15,19,29H,2,5-12,14H2,1H3,(H,25,31). The molecule has 2 atom stereocenters. The Bertz CT molecular complexity index is 850. The number of nitrogens with zero attached hydrogens (tertiary/aromatic N) is 3. The SMILES string of the molecule is CC1C(=O)N(CCCN2CCC3(CC3)C(O)C2)CCN1C(=O)Nc1ccc(F)c(Cl)c1. The van der Waals surface area contributed by atoms with E-state index in [4.69, 9.17) is 11.6 Å². The maximum atomic E-state index is 13.3. The fourth-order valence-electron chi connectivity index (χ4n) is 4.71. The van der Waals surface area contributed by atoms with Crippen LogP contribution in [0.4, 0.5) is 14.9 Å². The van der Waals surface area contributed by atoms with E-state index >= 15 is 0 Å². The highest BCUT2D eigenvalue weighted by Crippen LogP contribution is 2.53. The second kappa shape index (κ2) is 8.92. The predicted molar refractivity (Wildman–Crippen MR) is 117 cm³/mol. The van der Waals surface area contributed by atoms with Crippen LogP contribution >= 0.6 is 11.6 Å². The molecule has 2 saturated heterocycles. The van der Waals surface area contributed by atoms with Gasteiger partial charge in [0.1, 0.15) is 11.9 Å². The Kier molecular flexibility index (Phi) is 6.42. The first-order valence-corrected chi connectivity index (χ1v) is 11.4. The Labute approximate surface area is 187 Å². The number of hydrogen-bond donors (Lipinski definition) is 2. The Morgan fingerprint density at radius 3 is 2.71 bits per heavy atom. The molecule has 2 unspecified atom stereocenters. The number of anilines is 1. The number of aliphatic hydroxyl groups is 1. The molecular weight excluding hydrogens is 423 g/mol. The molecule has 7 nitrogen and oxygen atoms in total. The van der Waals surface area contributed by atoms with Gasteiger partial charge in [0.2, 0.25) is 5.91 Å². The van der Waals surface area contributed by atoms with E-state index in [2.05, 4.69) is 10.2 Å². The van der Waals surface area contributed by atoms with Crippen molar-refractivity contribution in [1.29, 1.82) is 0 Å². The number of benzene rings is 1. The number of nitrogens with one attached hydrogen (secondary N) is 1. The number of amides is 3. The number of carbonyl (C=O) groups excluding carboxylic acids is 2. The molecule has 3 aliphatic rings. The number of aliphatic hydroxyl groups excluding tert-OH is 1. The zero-order valence-electron chi connectivity index (χ0n) is 17.8. The van der Waals surface area contributed by atoms with Gasteiger partial charge >= 0.3 is 6.03 Å². The summed E-state index contributed by atoms with van der Waals surface area (Å²) >= 11 is 5.77. The van der Waals surface area contributed by atoms with Crippen molar-refractivity contribution in [2.45, 2.75) is 44.8 Å². The van der Waals surface area contributed by atoms with Crippen LogP contribution in [0.1, 0.15) is 32.6 Å². The molecule has 3 amide bonds. The first kappa shape index (κ1) is 22.3. The fourth-order valence-corrected chi connectivity index (χ4v) is 4.89. The summed E-state index contributed by atoms with van der Waals surface area (Å²) in [5, 5.41) is 12.9. The molecule has 0 radical (unpaired) electrons. The molecule has 1 aliphatic carbocycles. The average Bonchev–Trinajstić information content (AvgIpc) is 3.52. The van der Waals surface area contributed by atoms with Crippen LogP contribution in [0.3, 0.4) is 0 Å². The second-order valence-electron chi connectivity index (χ2n) is 9.04. The van der Waals surface area contributed by atoms with Gasteiger partial charge in [0.25, 0.3) is 0 Å². The average molecular weight is 453 g/mol. The van der Waals surface area contributed by atoms with E-state index in [9.17, 15) is 19.1 Å². The topological polar surface area (TPSA) is 76.1 Å². The Morgan fingerprint density at radius 2 is 2.03 bits per heavy atom. The molecule has 1 aromatic carbocycles. The lowest BCUT2D eigenvalue weighted by Crippen LogP contribution is -2.58. The van der Waals surface area contributed by atoms with Crippen LogP contribution in [0.5, 0.6) is 0 Å². The first-order valence-electron chi connectivity index (χ1n) is 11.0. The zero-order valence-corrected chi connectivity index (χ0v) is 18.6. The van der Waals surface area contributed by atoms with Gasteiger partial charge in [-0.2, -0.15) is 0 Å². The summed E-state index contributed by atoms with van der Waals surface area (Å²) in [7, 11) is 0. The molecule has 3 fully saturated rings. The monoisotopic (exact) mass is 452 g/mol. The lowest BCUT2D eigenvalue weighted by atomic mass is 9.90. The molecule has 1 saturated carbocycles. The van der Waals surface area contributed by atoms with Gasteiger partial charge in [-0.15, -0.1) is 0 Å². The number of carbonyl (C=O) groups is 2. The van der Waals surface area contributed by atoms with Crippen molar-refractivity contribution in [1.82, 2.24) is 14.7 Å². The molecule has 4 rings (SSSR count). The minimum Gasteiger partial charge on any atom is -0.391 e. The minimum atomic E-state index is -0.573. The predicted octanol–water partition coefficient (Wildman–Crippen LogP) is 2.78. The van der Waals surface area contributed by atoms with Crippen molar-refractivity contribution in [2.24, 2.45) is 5.41 Å². The number of halogens is 2. The number of β-amino-alcohol motifs (C(OH)–C–C–N with tert-alkyl or cyclic N) is 1. The zero-order chi connectivity index (χ0) is 22.2.